The molecule has 3 aromatic rings. The minimum atomic E-state index is -1.17. The van der Waals surface area contributed by atoms with Gasteiger partial charge >= 0.3 is 5.97 Å². The highest BCUT2D eigenvalue weighted by molar-refractivity contribution is 5.94. The molecule has 2 amide bonds. The molecule has 0 spiro atoms. The standard InChI is InChI=1S/C27H34N4O4/c1-4-35-25(33)22(15-14-18-10-6-5-7-11-18)30-24(32)23(31-26(34)27(2,3)28)16-19-17-29-21-13-9-8-12-20(19)21/h5-13,17,22-23,29H,4,14-16,28H2,1-3H3,(H,30,32)(H,31,34)/t22?,23-/m1/s1. The number of aromatic nitrogens is 1. The van der Waals surface area contributed by atoms with E-state index in [-0.39, 0.29) is 13.0 Å². The van der Waals surface area contributed by atoms with Crippen molar-refractivity contribution in [3.63, 3.8) is 0 Å². The molecule has 0 bridgehead atoms. The minimum Gasteiger partial charge on any atom is -0.464 e. The van der Waals surface area contributed by atoms with E-state index in [1.165, 1.54) is 0 Å². The molecule has 8 heteroatoms. The number of nitrogens with two attached hydrogens (primary N) is 1. The lowest BCUT2D eigenvalue weighted by atomic mass is 10.0. The van der Waals surface area contributed by atoms with E-state index in [1.54, 1.807) is 20.8 Å². The summed E-state index contributed by atoms with van der Waals surface area (Å²) in [7, 11) is 0. The number of hydrogen-bond acceptors (Lipinski definition) is 5. The first-order valence-electron chi connectivity index (χ1n) is 11.8. The average molecular weight is 479 g/mol. The van der Waals surface area contributed by atoms with E-state index in [1.807, 2.05) is 60.8 Å². The lowest BCUT2D eigenvalue weighted by molar-refractivity contribution is -0.147. The number of carbonyl (C=O) groups excluding carboxylic acids is 3. The largest absolute Gasteiger partial charge is 0.464 e. The third-order valence-corrected chi connectivity index (χ3v) is 5.76. The number of aryl methyl sites for hydroxylation is 1. The van der Waals surface area contributed by atoms with Crippen molar-refractivity contribution in [1.82, 2.24) is 15.6 Å². The van der Waals surface area contributed by atoms with E-state index in [2.05, 4.69) is 15.6 Å². The smallest absolute Gasteiger partial charge is 0.328 e. The topological polar surface area (TPSA) is 126 Å². The number of hydrogen-bond donors (Lipinski definition) is 4. The van der Waals surface area contributed by atoms with Crippen LogP contribution < -0.4 is 16.4 Å². The fraction of sp³-hybridized carbons (Fsp3) is 0.370. The molecule has 1 aromatic heterocycles. The summed E-state index contributed by atoms with van der Waals surface area (Å²) < 4.78 is 5.21. The van der Waals surface area contributed by atoms with Crippen LogP contribution in [0.25, 0.3) is 10.9 Å². The summed E-state index contributed by atoms with van der Waals surface area (Å²) in [6.45, 7) is 5.07. The quantitative estimate of drug-likeness (QED) is 0.315. The van der Waals surface area contributed by atoms with E-state index < -0.39 is 35.4 Å². The van der Waals surface area contributed by atoms with E-state index in [9.17, 15) is 14.4 Å². The van der Waals surface area contributed by atoms with Gasteiger partial charge in [0.25, 0.3) is 0 Å². The molecule has 35 heavy (non-hydrogen) atoms. The van der Waals surface area contributed by atoms with Gasteiger partial charge in [-0.05, 0) is 50.8 Å². The zero-order chi connectivity index (χ0) is 25.4. The Morgan fingerprint density at radius 2 is 1.69 bits per heavy atom. The molecule has 2 atom stereocenters. The Hall–Kier alpha value is -3.65. The van der Waals surface area contributed by atoms with Gasteiger partial charge in [-0.2, -0.15) is 0 Å². The minimum absolute atomic E-state index is 0.202. The van der Waals surface area contributed by atoms with E-state index in [0.29, 0.717) is 12.8 Å². The Balaban J connectivity index is 1.81. The van der Waals surface area contributed by atoms with E-state index in [0.717, 1.165) is 22.0 Å². The van der Waals surface area contributed by atoms with Crippen molar-refractivity contribution >= 4 is 28.7 Å². The fourth-order valence-corrected chi connectivity index (χ4v) is 3.79. The summed E-state index contributed by atoms with van der Waals surface area (Å²) in [6.07, 6.45) is 3.00. The number of ether oxygens (including phenoxy) is 1. The van der Waals surface area contributed by atoms with E-state index in [4.69, 9.17) is 10.5 Å². The van der Waals surface area contributed by atoms with Crippen molar-refractivity contribution < 1.29 is 19.1 Å². The highest BCUT2D eigenvalue weighted by atomic mass is 16.5. The maximum atomic E-state index is 13.4. The number of para-hydroxylation sites is 1. The number of benzene rings is 2. The number of H-pyrrole nitrogens is 1. The lowest BCUT2D eigenvalue weighted by Gasteiger charge is -2.26. The number of fused-ring (bicyclic) bond motifs is 1. The van der Waals surface area contributed by atoms with Gasteiger partial charge in [0.15, 0.2) is 0 Å². The Morgan fingerprint density at radius 1 is 1.00 bits per heavy atom. The first kappa shape index (κ1) is 26.0. The number of aromatic amines is 1. The normalized spacial score (nSPS) is 13.1. The molecule has 0 fully saturated rings. The zero-order valence-electron chi connectivity index (χ0n) is 20.5. The third kappa shape index (κ3) is 7.16. The van der Waals surface area contributed by atoms with Crippen LogP contribution in [0.4, 0.5) is 0 Å². The highest BCUT2D eigenvalue weighted by Gasteiger charge is 2.31. The second-order valence-corrected chi connectivity index (χ2v) is 9.15. The molecular formula is C27H34N4O4. The number of rotatable bonds is 11. The monoisotopic (exact) mass is 478 g/mol. The number of esters is 1. The number of nitrogens with one attached hydrogen (secondary N) is 3. The van der Waals surface area contributed by atoms with Gasteiger partial charge < -0.3 is 26.1 Å². The molecule has 0 aliphatic carbocycles. The fourth-order valence-electron chi connectivity index (χ4n) is 3.79. The molecule has 8 nitrogen and oxygen atoms in total. The van der Waals surface area contributed by atoms with Crippen LogP contribution in [-0.2, 0) is 32.0 Å². The lowest BCUT2D eigenvalue weighted by Crippen LogP contribution is -2.58. The maximum Gasteiger partial charge on any atom is 0.328 e. The van der Waals surface area contributed by atoms with Crippen molar-refractivity contribution in [1.29, 1.82) is 0 Å². The van der Waals surface area contributed by atoms with Crippen LogP contribution in [0.5, 0.6) is 0 Å². The predicted molar refractivity (Wildman–Crippen MR) is 136 cm³/mol. The van der Waals surface area contributed by atoms with Gasteiger partial charge in [0.1, 0.15) is 12.1 Å². The van der Waals surface area contributed by atoms with Crippen LogP contribution >= 0.6 is 0 Å². The van der Waals surface area contributed by atoms with Crippen LogP contribution in [0.15, 0.2) is 60.8 Å². The number of carbonyl (C=O) groups is 3. The summed E-state index contributed by atoms with van der Waals surface area (Å²) in [5.41, 5.74) is 7.64. The molecular weight excluding hydrogens is 444 g/mol. The van der Waals surface area contributed by atoms with Crippen LogP contribution in [-0.4, -0.2) is 47.0 Å². The van der Waals surface area contributed by atoms with Crippen LogP contribution in [0.1, 0.15) is 38.3 Å². The van der Waals surface area contributed by atoms with Gasteiger partial charge in [-0.1, -0.05) is 48.5 Å². The first-order chi connectivity index (χ1) is 16.7. The SMILES string of the molecule is CCOC(=O)C(CCc1ccccc1)NC(=O)[C@@H](Cc1c[nH]c2ccccc12)NC(=O)C(C)(C)N. The van der Waals surface area contributed by atoms with Crippen LogP contribution in [0, 0.1) is 0 Å². The summed E-state index contributed by atoms with van der Waals surface area (Å²) in [5, 5.41) is 6.53. The summed E-state index contributed by atoms with van der Waals surface area (Å²) in [5.74, 6) is -1.44. The Bertz CT molecular complexity index is 1150. The van der Waals surface area contributed by atoms with Gasteiger partial charge in [0.2, 0.25) is 11.8 Å². The van der Waals surface area contributed by atoms with Gasteiger partial charge in [0.05, 0.1) is 12.1 Å². The Morgan fingerprint density at radius 3 is 2.37 bits per heavy atom. The first-order valence-corrected chi connectivity index (χ1v) is 11.8. The molecule has 0 radical (unpaired) electrons. The maximum absolute atomic E-state index is 13.4. The number of amides is 2. The summed E-state index contributed by atoms with van der Waals surface area (Å²) >= 11 is 0. The second kappa shape index (κ2) is 11.7. The van der Waals surface area contributed by atoms with Crippen molar-refractivity contribution in [3.8, 4) is 0 Å². The van der Waals surface area contributed by atoms with Crippen LogP contribution in [0.2, 0.25) is 0 Å². The van der Waals surface area contributed by atoms with Gasteiger partial charge in [-0.15, -0.1) is 0 Å². The third-order valence-electron chi connectivity index (χ3n) is 5.76. The average Bonchev–Trinajstić information content (AvgIpc) is 3.24. The molecule has 1 heterocycles. The van der Waals surface area contributed by atoms with Gasteiger partial charge in [0, 0.05) is 23.5 Å². The Labute approximate surface area is 205 Å². The molecule has 3 rings (SSSR count). The molecule has 0 saturated carbocycles. The summed E-state index contributed by atoms with van der Waals surface area (Å²) in [4.78, 5) is 41.9. The van der Waals surface area contributed by atoms with Crippen LogP contribution in [0.3, 0.4) is 0 Å². The molecule has 0 aliphatic heterocycles. The van der Waals surface area contributed by atoms with Crippen molar-refractivity contribution in [2.24, 2.45) is 5.73 Å². The van der Waals surface area contributed by atoms with Gasteiger partial charge in [-0.3, -0.25) is 9.59 Å². The molecule has 186 valence electrons. The molecule has 0 saturated heterocycles. The predicted octanol–water partition coefficient (Wildman–Crippen LogP) is 2.61. The Kier molecular flexibility index (Phi) is 8.65. The van der Waals surface area contributed by atoms with E-state index >= 15 is 0 Å². The summed E-state index contributed by atoms with van der Waals surface area (Å²) in [6, 6.07) is 15.6. The molecule has 5 N–H and O–H groups in total. The van der Waals surface area contributed by atoms with Gasteiger partial charge in [-0.25, -0.2) is 4.79 Å². The van der Waals surface area contributed by atoms with Crippen molar-refractivity contribution in [2.45, 2.75) is 57.7 Å². The highest BCUT2D eigenvalue weighted by Crippen LogP contribution is 2.19. The second-order valence-electron chi connectivity index (χ2n) is 9.15. The molecule has 0 aliphatic rings. The van der Waals surface area contributed by atoms with Crippen molar-refractivity contribution in [2.75, 3.05) is 6.61 Å². The molecule has 2 aromatic carbocycles. The van der Waals surface area contributed by atoms with Crippen molar-refractivity contribution in [3.05, 3.63) is 71.9 Å². The zero-order valence-corrected chi connectivity index (χ0v) is 20.5. The molecule has 1 unspecified atom stereocenters.